The summed E-state index contributed by atoms with van der Waals surface area (Å²) in [6.07, 6.45) is 1.44. The van der Waals surface area contributed by atoms with Crippen LogP contribution in [0.5, 0.6) is 0 Å². The van der Waals surface area contributed by atoms with Crippen LogP contribution in [0.3, 0.4) is 0 Å². The molecule has 1 heterocycles. The normalized spacial score (nSPS) is 21.3. The zero-order valence-corrected chi connectivity index (χ0v) is 9.32. The van der Waals surface area contributed by atoms with Gasteiger partial charge in [0, 0.05) is 6.54 Å². The summed E-state index contributed by atoms with van der Waals surface area (Å²) in [5.74, 6) is 0.220. The first-order valence-corrected chi connectivity index (χ1v) is 5.37. The Bertz CT molecular complexity index is 253. The lowest BCUT2D eigenvalue weighted by molar-refractivity contribution is -0.121. The van der Waals surface area contributed by atoms with Gasteiger partial charge in [-0.2, -0.15) is 0 Å². The zero-order chi connectivity index (χ0) is 11.4. The highest BCUT2D eigenvalue weighted by atomic mass is 16.2. The van der Waals surface area contributed by atoms with Crippen LogP contribution in [0.2, 0.25) is 0 Å². The average Bonchev–Trinajstić information content (AvgIpc) is 2.39. The molecule has 3 amide bonds. The van der Waals surface area contributed by atoms with Gasteiger partial charge in [0.2, 0.25) is 0 Å². The fourth-order valence-corrected chi connectivity index (χ4v) is 1.74. The number of carbonyl (C=O) groups excluding carboxylic acids is 2. The van der Waals surface area contributed by atoms with Crippen molar-refractivity contribution in [1.82, 2.24) is 10.2 Å². The summed E-state index contributed by atoms with van der Waals surface area (Å²) < 4.78 is 0. The topological polar surface area (TPSA) is 75.4 Å². The minimum Gasteiger partial charge on any atom is -0.330 e. The second-order valence-electron chi connectivity index (χ2n) is 4.28. The minimum absolute atomic E-state index is 0.175. The molecule has 5 nitrogen and oxygen atoms in total. The number of hydrogen-bond acceptors (Lipinski definition) is 3. The molecule has 0 aromatic heterocycles. The van der Waals surface area contributed by atoms with Crippen LogP contribution in [0.1, 0.15) is 26.7 Å². The number of rotatable bonds is 5. The summed E-state index contributed by atoms with van der Waals surface area (Å²) in [5, 5.41) is 2.34. The SMILES string of the molecule is CC(C)CC1C(=O)NC(=O)N1CCCN. The molecule has 0 bridgehead atoms. The first-order chi connectivity index (χ1) is 7.06. The number of hydrogen-bond donors (Lipinski definition) is 2. The summed E-state index contributed by atoms with van der Waals surface area (Å²) in [4.78, 5) is 24.5. The van der Waals surface area contributed by atoms with Crippen LogP contribution in [-0.4, -0.2) is 36.0 Å². The standard InChI is InChI=1S/C10H19N3O2/c1-7(2)6-8-9(14)12-10(15)13(8)5-3-4-11/h7-8H,3-6,11H2,1-2H3,(H,12,14,15). The lowest BCUT2D eigenvalue weighted by Crippen LogP contribution is -2.37. The summed E-state index contributed by atoms with van der Waals surface area (Å²) in [6.45, 7) is 5.17. The predicted molar refractivity (Wildman–Crippen MR) is 57.2 cm³/mol. The molecule has 1 unspecified atom stereocenters. The van der Waals surface area contributed by atoms with E-state index in [9.17, 15) is 9.59 Å². The van der Waals surface area contributed by atoms with Gasteiger partial charge in [0.1, 0.15) is 6.04 Å². The zero-order valence-electron chi connectivity index (χ0n) is 9.32. The van der Waals surface area contributed by atoms with Crippen molar-refractivity contribution in [2.24, 2.45) is 11.7 Å². The molecule has 1 rings (SSSR count). The second kappa shape index (κ2) is 5.11. The van der Waals surface area contributed by atoms with E-state index in [0.717, 1.165) is 6.42 Å². The molecule has 1 aliphatic rings. The third kappa shape index (κ3) is 2.92. The maximum absolute atomic E-state index is 11.5. The van der Waals surface area contributed by atoms with Crippen molar-refractivity contribution in [2.75, 3.05) is 13.1 Å². The summed E-state index contributed by atoms with van der Waals surface area (Å²) in [7, 11) is 0. The Balaban J connectivity index is 2.62. The van der Waals surface area contributed by atoms with Crippen LogP contribution >= 0.6 is 0 Å². The molecule has 3 N–H and O–H groups in total. The summed E-state index contributed by atoms with van der Waals surface area (Å²) in [6, 6.07) is -0.580. The Labute approximate surface area is 90.0 Å². The van der Waals surface area contributed by atoms with Crippen molar-refractivity contribution in [2.45, 2.75) is 32.7 Å². The highest BCUT2D eigenvalue weighted by molar-refractivity contribution is 6.04. The van der Waals surface area contributed by atoms with Crippen LogP contribution in [-0.2, 0) is 4.79 Å². The molecule has 0 radical (unpaired) electrons. The van der Waals surface area contributed by atoms with E-state index < -0.39 is 0 Å². The molecule has 1 saturated heterocycles. The minimum atomic E-state index is -0.302. The van der Waals surface area contributed by atoms with Crippen molar-refractivity contribution in [1.29, 1.82) is 0 Å². The van der Waals surface area contributed by atoms with E-state index in [1.807, 2.05) is 13.8 Å². The van der Waals surface area contributed by atoms with Crippen molar-refractivity contribution in [3.8, 4) is 0 Å². The van der Waals surface area contributed by atoms with E-state index >= 15 is 0 Å². The fourth-order valence-electron chi connectivity index (χ4n) is 1.74. The molecule has 1 fully saturated rings. The summed E-state index contributed by atoms with van der Waals surface area (Å²) in [5.41, 5.74) is 5.39. The molecule has 0 saturated carbocycles. The molecule has 15 heavy (non-hydrogen) atoms. The van der Waals surface area contributed by atoms with Gasteiger partial charge in [-0.25, -0.2) is 4.79 Å². The Hall–Kier alpha value is -1.10. The van der Waals surface area contributed by atoms with E-state index in [1.54, 1.807) is 4.90 Å². The highest BCUT2D eigenvalue weighted by Crippen LogP contribution is 2.16. The Morgan fingerprint density at radius 2 is 2.13 bits per heavy atom. The molecule has 0 aliphatic carbocycles. The van der Waals surface area contributed by atoms with Gasteiger partial charge in [0.15, 0.2) is 0 Å². The third-order valence-corrected chi connectivity index (χ3v) is 2.47. The maximum Gasteiger partial charge on any atom is 0.324 e. The van der Waals surface area contributed by atoms with Gasteiger partial charge in [-0.15, -0.1) is 0 Å². The first-order valence-electron chi connectivity index (χ1n) is 5.37. The van der Waals surface area contributed by atoms with Gasteiger partial charge >= 0.3 is 6.03 Å². The maximum atomic E-state index is 11.5. The molecule has 0 aromatic carbocycles. The van der Waals surface area contributed by atoms with E-state index in [0.29, 0.717) is 25.4 Å². The van der Waals surface area contributed by atoms with E-state index in [-0.39, 0.29) is 18.0 Å². The number of nitrogens with one attached hydrogen (secondary N) is 1. The quantitative estimate of drug-likeness (QED) is 0.645. The van der Waals surface area contributed by atoms with Crippen LogP contribution < -0.4 is 11.1 Å². The van der Waals surface area contributed by atoms with E-state index in [1.165, 1.54) is 0 Å². The van der Waals surface area contributed by atoms with Crippen LogP contribution in [0.25, 0.3) is 0 Å². The van der Waals surface area contributed by atoms with Crippen molar-refractivity contribution < 1.29 is 9.59 Å². The second-order valence-corrected chi connectivity index (χ2v) is 4.28. The number of imide groups is 1. The third-order valence-electron chi connectivity index (χ3n) is 2.47. The highest BCUT2D eigenvalue weighted by Gasteiger charge is 2.37. The molecule has 1 atom stereocenters. The number of urea groups is 1. The average molecular weight is 213 g/mol. The van der Waals surface area contributed by atoms with Crippen LogP contribution in [0, 0.1) is 5.92 Å². The first kappa shape index (κ1) is 12.0. The largest absolute Gasteiger partial charge is 0.330 e. The molecular formula is C10H19N3O2. The Kier molecular flexibility index (Phi) is 4.08. The van der Waals surface area contributed by atoms with E-state index in [2.05, 4.69) is 5.32 Å². The molecule has 86 valence electrons. The van der Waals surface area contributed by atoms with Gasteiger partial charge in [-0.3, -0.25) is 10.1 Å². The fraction of sp³-hybridized carbons (Fsp3) is 0.800. The smallest absolute Gasteiger partial charge is 0.324 e. The monoisotopic (exact) mass is 213 g/mol. The van der Waals surface area contributed by atoms with Crippen LogP contribution in [0.4, 0.5) is 4.79 Å². The van der Waals surface area contributed by atoms with Crippen LogP contribution in [0.15, 0.2) is 0 Å². The molecule has 5 heteroatoms. The molecular weight excluding hydrogens is 194 g/mol. The van der Waals surface area contributed by atoms with Gasteiger partial charge in [-0.05, 0) is 25.3 Å². The van der Waals surface area contributed by atoms with Gasteiger partial charge in [0.05, 0.1) is 0 Å². The summed E-state index contributed by atoms with van der Waals surface area (Å²) >= 11 is 0. The molecule has 0 aromatic rings. The number of carbonyl (C=O) groups is 2. The lowest BCUT2D eigenvalue weighted by Gasteiger charge is -2.22. The lowest BCUT2D eigenvalue weighted by atomic mass is 10.0. The molecule has 1 aliphatic heterocycles. The van der Waals surface area contributed by atoms with Crippen molar-refractivity contribution in [3.05, 3.63) is 0 Å². The van der Waals surface area contributed by atoms with Crippen molar-refractivity contribution in [3.63, 3.8) is 0 Å². The van der Waals surface area contributed by atoms with Gasteiger partial charge in [-0.1, -0.05) is 13.8 Å². The number of amides is 3. The Morgan fingerprint density at radius 3 is 2.67 bits per heavy atom. The van der Waals surface area contributed by atoms with E-state index in [4.69, 9.17) is 5.73 Å². The van der Waals surface area contributed by atoms with Gasteiger partial charge in [0.25, 0.3) is 5.91 Å². The number of nitrogens with zero attached hydrogens (tertiary/aromatic N) is 1. The van der Waals surface area contributed by atoms with Gasteiger partial charge < -0.3 is 10.6 Å². The Morgan fingerprint density at radius 1 is 1.47 bits per heavy atom. The molecule has 0 spiro atoms. The predicted octanol–water partition coefficient (Wildman–Crippen LogP) is 0.302. The van der Waals surface area contributed by atoms with Crippen molar-refractivity contribution >= 4 is 11.9 Å². The number of nitrogens with two attached hydrogens (primary N) is 1.